The minimum Gasteiger partial charge on any atom is -0.481 e. The molecule has 5 nitrogen and oxygen atoms in total. The summed E-state index contributed by atoms with van der Waals surface area (Å²) in [6.07, 6.45) is 1.11. The summed E-state index contributed by atoms with van der Waals surface area (Å²) >= 11 is 0. The van der Waals surface area contributed by atoms with Crippen molar-refractivity contribution in [2.45, 2.75) is 12.8 Å². The number of piperazine rings is 1. The fraction of sp³-hybridized carbons (Fsp3) is 0.333. The molecule has 2 aromatic rings. The summed E-state index contributed by atoms with van der Waals surface area (Å²) in [6, 6.07) is 16.9. The molecule has 2 heterocycles. The summed E-state index contributed by atoms with van der Waals surface area (Å²) in [7, 11) is 0. The Labute approximate surface area is 153 Å². The predicted octanol–water partition coefficient (Wildman–Crippen LogP) is 2.76. The van der Waals surface area contributed by atoms with Crippen molar-refractivity contribution in [2.24, 2.45) is 4.99 Å². The van der Waals surface area contributed by atoms with Gasteiger partial charge in [-0.15, -0.1) is 0 Å². The number of aliphatic imine (C=N–C) groups is 1. The van der Waals surface area contributed by atoms with Crippen molar-refractivity contribution in [1.82, 2.24) is 9.80 Å². The van der Waals surface area contributed by atoms with Crippen LogP contribution in [0, 0.1) is 0 Å². The zero-order chi connectivity index (χ0) is 17.9. The van der Waals surface area contributed by atoms with Crippen LogP contribution in [-0.4, -0.2) is 59.4 Å². The number of carbonyl (C=O) groups is 1. The summed E-state index contributed by atoms with van der Waals surface area (Å²) in [6.45, 7) is 4.10. The van der Waals surface area contributed by atoms with Crippen molar-refractivity contribution >= 4 is 17.5 Å². The van der Waals surface area contributed by atoms with Crippen molar-refractivity contribution in [1.29, 1.82) is 0 Å². The number of nitrogens with zero attached hydrogens (tertiary/aromatic N) is 3. The monoisotopic (exact) mass is 349 g/mol. The first-order valence-corrected chi connectivity index (χ1v) is 9.15. The highest BCUT2D eigenvalue weighted by molar-refractivity contribution is 6.02. The maximum absolute atomic E-state index is 10.8. The predicted molar refractivity (Wildman–Crippen MR) is 102 cm³/mol. The molecule has 134 valence electrons. The van der Waals surface area contributed by atoms with Gasteiger partial charge in [-0.2, -0.15) is 0 Å². The Bertz CT molecular complexity index is 839. The van der Waals surface area contributed by atoms with Gasteiger partial charge in [-0.3, -0.25) is 9.69 Å². The van der Waals surface area contributed by atoms with Gasteiger partial charge >= 0.3 is 5.97 Å². The van der Waals surface area contributed by atoms with Gasteiger partial charge in [-0.1, -0.05) is 42.5 Å². The van der Waals surface area contributed by atoms with Crippen molar-refractivity contribution in [3.63, 3.8) is 0 Å². The molecule has 4 rings (SSSR count). The van der Waals surface area contributed by atoms with Gasteiger partial charge < -0.3 is 10.0 Å². The van der Waals surface area contributed by atoms with Crippen LogP contribution in [0.1, 0.15) is 23.1 Å². The van der Waals surface area contributed by atoms with Crippen molar-refractivity contribution in [3.05, 3.63) is 65.2 Å². The molecule has 26 heavy (non-hydrogen) atoms. The quantitative estimate of drug-likeness (QED) is 0.926. The van der Waals surface area contributed by atoms with Gasteiger partial charge in [0.25, 0.3) is 0 Å². The summed E-state index contributed by atoms with van der Waals surface area (Å²) < 4.78 is 0. The highest BCUT2D eigenvalue weighted by Gasteiger charge is 2.24. The third-order valence-electron chi connectivity index (χ3n) is 5.17. The number of para-hydroxylation sites is 1. The third-order valence-corrected chi connectivity index (χ3v) is 5.17. The van der Waals surface area contributed by atoms with Crippen LogP contribution in [0.4, 0.5) is 5.69 Å². The molecule has 0 unspecified atom stereocenters. The molecule has 0 spiro atoms. The zero-order valence-corrected chi connectivity index (χ0v) is 14.8. The fourth-order valence-electron chi connectivity index (χ4n) is 3.72. The Hall–Kier alpha value is -2.66. The van der Waals surface area contributed by atoms with Gasteiger partial charge in [-0.25, -0.2) is 4.99 Å². The van der Waals surface area contributed by atoms with Gasteiger partial charge in [0.15, 0.2) is 0 Å². The first-order chi connectivity index (χ1) is 12.7. The van der Waals surface area contributed by atoms with E-state index in [-0.39, 0.29) is 6.42 Å². The van der Waals surface area contributed by atoms with E-state index >= 15 is 0 Å². The number of hydrogen-bond acceptors (Lipinski definition) is 4. The number of rotatable bonds is 3. The largest absolute Gasteiger partial charge is 0.481 e. The Kier molecular flexibility index (Phi) is 4.71. The average molecular weight is 349 g/mol. The molecule has 0 amide bonds. The van der Waals surface area contributed by atoms with Crippen LogP contribution < -0.4 is 0 Å². The Morgan fingerprint density at radius 3 is 2.42 bits per heavy atom. The van der Waals surface area contributed by atoms with Crippen LogP contribution in [0.25, 0.3) is 0 Å². The van der Waals surface area contributed by atoms with E-state index in [1.807, 2.05) is 6.07 Å². The van der Waals surface area contributed by atoms with Gasteiger partial charge in [0.2, 0.25) is 0 Å². The number of benzene rings is 2. The van der Waals surface area contributed by atoms with Crippen LogP contribution in [0.3, 0.4) is 0 Å². The molecule has 0 saturated carbocycles. The normalized spacial score (nSPS) is 17.1. The molecular formula is C21H23N3O2. The lowest BCUT2D eigenvalue weighted by Gasteiger charge is -2.36. The van der Waals surface area contributed by atoms with E-state index in [2.05, 4.69) is 52.3 Å². The van der Waals surface area contributed by atoms with Crippen LogP contribution in [0.2, 0.25) is 0 Å². The lowest BCUT2D eigenvalue weighted by molar-refractivity contribution is -0.137. The maximum Gasteiger partial charge on any atom is 0.304 e. The van der Waals surface area contributed by atoms with E-state index in [1.165, 1.54) is 16.7 Å². The van der Waals surface area contributed by atoms with E-state index in [0.29, 0.717) is 6.54 Å². The van der Waals surface area contributed by atoms with Crippen LogP contribution in [-0.2, 0) is 11.2 Å². The molecule has 2 aliphatic heterocycles. The van der Waals surface area contributed by atoms with E-state index in [1.54, 1.807) is 0 Å². The number of amidine groups is 1. The molecule has 1 N–H and O–H groups in total. The minimum absolute atomic E-state index is 0.206. The van der Waals surface area contributed by atoms with Crippen molar-refractivity contribution < 1.29 is 9.90 Å². The van der Waals surface area contributed by atoms with E-state index < -0.39 is 5.97 Å². The summed E-state index contributed by atoms with van der Waals surface area (Å²) in [5.74, 6) is 0.314. The number of carboxylic acids is 1. The van der Waals surface area contributed by atoms with E-state index in [9.17, 15) is 4.79 Å². The third kappa shape index (κ3) is 3.48. The Balaban J connectivity index is 1.59. The van der Waals surface area contributed by atoms with E-state index in [0.717, 1.165) is 44.1 Å². The number of carboxylic acid groups (broad SMARTS) is 1. The minimum atomic E-state index is -0.730. The topological polar surface area (TPSA) is 56.1 Å². The molecule has 2 aromatic carbocycles. The highest BCUT2D eigenvalue weighted by atomic mass is 16.4. The molecule has 1 fully saturated rings. The lowest BCUT2D eigenvalue weighted by Crippen LogP contribution is -2.49. The molecule has 0 radical (unpaired) electrons. The molecule has 0 bridgehead atoms. The van der Waals surface area contributed by atoms with Gasteiger partial charge in [0.05, 0.1) is 12.1 Å². The highest BCUT2D eigenvalue weighted by Crippen LogP contribution is 2.29. The van der Waals surface area contributed by atoms with Gasteiger partial charge in [0.1, 0.15) is 5.84 Å². The Morgan fingerprint density at radius 1 is 0.962 bits per heavy atom. The first kappa shape index (κ1) is 16.8. The second-order valence-electron chi connectivity index (χ2n) is 6.87. The molecule has 2 aliphatic rings. The van der Waals surface area contributed by atoms with Crippen LogP contribution in [0.5, 0.6) is 0 Å². The molecule has 0 aromatic heterocycles. The second kappa shape index (κ2) is 7.30. The Morgan fingerprint density at radius 2 is 1.65 bits per heavy atom. The standard InChI is InChI=1S/C21H23N3O2/c25-20(26)9-10-23-11-13-24(14-12-23)21-18-7-3-1-5-16(18)15-17-6-2-4-8-19(17)22-21/h1-8H,9-15H2,(H,25,26). The van der Waals surface area contributed by atoms with E-state index in [4.69, 9.17) is 10.1 Å². The van der Waals surface area contributed by atoms with Crippen molar-refractivity contribution in [2.75, 3.05) is 32.7 Å². The number of hydrogen-bond donors (Lipinski definition) is 1. The first-order valence-electron chi connectivity index (χ1n) is 9.15. The summed E-state index contributed by atoms with van der Waals surface area (Å²) in [5.41, 5.74) is 4.83. The fourth-order valence-corrected chi connectivity index (χ4v) is 3.72. The smallest absolute Gasteiger partial charge is 0.304 e. The number of aliphatic carboxylic acids is 1. The van der Waals surface area contributed by atoms with Crippen molar-refractivity contribution in [3.8, 4) is 0 Å². The molecule has 5 heteroatoms. The lowest BCUT2D eigenvalue weighted by atomic mass is 9.99. The molecule has 0 aliphatic carbocycles. The van der Waals surface area contributed by atoms with Crippen LogP contribution in [0.15, 0.2) is 53.5 Å². The summed E-state index contributed by atoms with van der Waals surface area (Å²) in [5, 5.41) is 8.88. The zero-order valence-electron chi connectivity index (χ0n) is 14.8. The molecular weight excluding hydrogens is 326 g/mol. The second-order valence-corrected chi connectivity index (χ2v) is 6.87. The van der Waals surface area contributed by atoms with Crippen LogP contribution >= 0.6 is 0 Å². The molecule has 0 atom stereocenters. The molecule has 1 saturated heterocycles. The maximum atomic E-state index is 10.8. The van der Waals surface area contributed by atoms with Gasteiger partial charge in [-0.05, 0) is 17.2 Å². The van der Waals surface area contributed by atoms with Gasteiger partial charge in [0, 0.05) is 44.7 Å². The SMILES string of the molecule is O=C(O)CCN1CCN(C2=Nc3ccccc3Cc3ccccc32)CC1. The number of fused-ring (bicyclic) bond motifs is 2. The average Bonchev–Trinajstić information content (AvgIpc) is 2.83. The summed E-state index contributed by atoms with van der Waals surface area (Å²) in [4.78, 5) is 20.4.